The monoisotopic (exact) mass is 278 g/mol. The zero-order valence-corrected chi connectivity index (χ0v) is 11.8. The summed E-state index contributed by atoms with van der Waals surface area (Å²) in [5, 5.41) is 11.7. The van der Waals surface area contributed by atoms with Gasteiger partial charge in [-0.1, -0.05) is 11.8 Å². The smallest absolute Gasteiger partial charge is 0.261 e. The molecule has 0 saturated carbocycles. The van der Waals surface area contributed by atoms with Crippen molar-refractivity contribution in [2.24, 2.45) is 0 Å². The summed E-state index contributed by atoms with van der Waals surface area (Å²) in [6.45, 7) is 2.02. The van der Waals surface area contributed by atoms with Crippen LogP contribution >= 0.6 is 11.3 Å². The van der Waals surface area contributed by atoms with Crippen LogP contribution in [0.4, 0.5) is 0 Å². The van der Waals surface area contributed by atoms with Crippen molar-refractivity contribution in [1.82, 2.24) is 10.2 Å². The molecular formula is C14H18N2O2S. The maximum atomic E-state index is 12.0. The average molecular weight is 278 g/mol. The van der Waals surface area contributed by atoms with Gasteiger partial charge in [-0.25, -0.2) is 0 Å². The molecule has 1 aliphatic rings. The Balaban J connectivity index is 1.91. The third-order valence-corrected chi connectivity index (χ3v) is 4.00. The summed E-state index contributed by atoms with van der Waals surface area (Å²) in [5.74, 6) is 5.78. The summed E-state index contributed by atoms with van der Waals surface area (Å²) in [5.41, 5.74) is 0. The SMILES string of the molecule is CN1CCC(NC(=O)c2ccc(C#CCCO)s2)C1. The minimum absolute atomic E-state index is 0.0134. The van der Waals surface area contributed by atoms with Crippen molar-refractivity contribution in [1.29, 1.82) is 0 Å². The molecule has 0 radical (unpaired) electrons. The Morgan fingerprint density at radius 1 is 1.63 bits per heavy atom. The molecule has 0 bridgehead atoms. The number of carbonyl (C=O) groups is 1. The predicted molar refractivity (Wildman–Crippen MR) is 76.3 cm³/mol. The summed E-state index contributed by atoms with van der Waals surface area (Å²) < 4.78 is 0. The molecule has 0 aromatic carbocycles. The molecule has 0 spiro atoms. The van der Waals surface area contributed by atoms with Crippen molar-refractivity contribution in [2.45, 2.75) is 18.9 Å². The number of amides is 1. The molecule has 102 valence electrons. The highest BCUT2D eigenvalue weighted by atomic mass is 32.1. The number of likely N-dealkylation sites (N-methyl/N-ethyl adjacent to an activating group) is 1. The summed E-state index contributed by atoms with van der Waals surface area (Å²) >= 11 is 1.39. The lowest BCUT2D eigenvalue weighted by Gasteiger charge is -2.11. The molecule has 4 nitrogen and oxygen atoms in total. The highest BCUT2D eigenvalue weighted by Gasteiger charge is 2.21. The first-order chi connectivity index (χ1) is 9.19. The Morgan fingerprint density at radius 2 is 2.47 bits per heavy atom. The Morgan fingerprint density at radius 3 is 3.16 bits per heavy atom. The topological polar surface area (TPSA) is 52.6 Å². The molecule has 2 heterocycles. The molecule has 1 unspecified atom stereocenters. The Kier molecular flexibility index (Phi) is 4.97. The van der Waals surface area contributed by atoms with E-state index in [1.165, 1.54) is 11.3 Å². The van der Waals surface area contributed by atoms with E-state index in [-0.39, 0.29) is 18.6 Å². The molecule has 1 aliphatic heterocycles. The molecule has 1 fully saturated rings. The highest BCUT2D eigenvalue weighted by Crippen LogP contribution is 2.16. The Labute approximate surface area is 117 Å². The summed E-state index contributed by atoms with van der Waals surface area (Å²) in [6, 6.07) is 3.91. The van der Waals surface area contributed by atoms with Crippen LogP contribution in [0.2, 0.25) is 0 Å². The average Bonchev–Trinajstić information content (AvgIpc) is 2.99. The zero-order chi connectivity index (χ0) is 13.7. The highest BCUT2D eigenvalue weighted by molar-refractivity contribution is 7.14. The van der Waals surface area contributed by atoms with Crippen LogP contribution in [0.25, 0.3) is 0 Å². The first-order valence-corrected chi connectivity index (χ1v) is 7.19. The molecule has 0 aliphatic carbocycles. The quantitative estimate of drug-likeness (QED) is 0.808. The lowest BCUT2D eigenvalue weighted by molar-refractivity contribution is 0.0942. The van der Waals surface area contributed by atoms with Gasteiger partial charge in [-0.2, -0.15) is 0 Å². The summed E-state index contributed by atoms with van der Waals surface area (Å²) in [6.07, 6.45) is 1.48. The van der Waals surface area contributed by atoms with Gasteiger partial charge in [0.15, 0.2) is 0 Å². The van der Waals surface area contributed by atoms with Crippen molar-refractivity contribution in [3.05, 3.63) is 21.9 Å². The van der Waals surface area contributed by atoms with Crippen molar-refractivity contribution in [3.8, 4) is 11.8 Å². The number of rotatable bonds is 3. The van der Waals surface area contributed by atoms with Crippen molar-refractivity contribution in [3.63, 3.8) is 0 Å². The second kappa shape index (κ2) is 6.71. The molecule has 1 amide bonds. The second-order valence-electron chi connectivity index (χ2n) is 4.66. The van der Waals surface area contributed by atoms with Gasteiger partial charge in [-0.3, -0.25) is 4.79 Å². The van der Waals surface area contributed by atoms with Crippen LogP contribution in [-0.2, 0) is 0 Å². The standard InChI is InChI=1S/C14H18N2O2S/c1-16-8-7-11(10-16)15-14(18)13-6-5-12(19-13)4-2-3-9-17/h5-6,11,17H,3,7-10H2,1H3,(H,15,18). The number of carbonyl (C=O) groups excluding carboxylic acids is 1. The van der Waals surface area contributed by atoms with E-state index in [2.05, 4.69) is 29.1 Å². The van der Waals surface area contributed by atoms with Gasteiger partial charge < -0.3 is 15.3 Å². The van der Waals surface area contributed by atoms with Gasteiger partial charge in [0.25, 0.3) is 5.91 Å². The maximum absolute atomic E-state index is 12.0. The van der Waals surface area contributed by atoms with E-state index in [9.17, 15) is 4.79 Å². The third kappa shape index (κ3) is 4.06. The van der Waals surface area contributed by atoms with Crippen LogP contribution in [0.1, 0.15) is 27.4 Å². The van der Waals surface area contributed by atoms with Gasteiger partial charge in [-0.15, -0.1) is 11.3 Å². The van der Waals surface area contributed by atoms with E-state index in [4.69, 9.17) is 5.11 Å². The van der Waals surface area contributed by atoms with E-state index in [1.54, 1.807) is 0 Å². The molecule has 2 N–H and O–H groups in total. The molecule has 1 aromatic heterocycles. The number of nitrogens with zero attached hydrogens (tertiary/aromatic N) is 1. The normalized spacial score (nSPS) is 18.9. The minimum Gasteiger partial charge on any atom is -0.395 e. The third-order valence-electron chi connectivity index (χ3n) is 3.00. The number of nitrogens with one attached hydrogen (secondary N) is 1. The van der Waals surface area contributed by atoms with Crippen molar-refractivity contribution < 1.29 is 9.90 Å². The Bertz CT molecular complexity index is 501. The molecule has 1 saturated heterocycles. The van der Waals surface area contributed by atoms with Gasteiger partial charge in [0.05, 0.1) is 16.4 Å². The number of hydrogen-bond acceptors (Lipinski definition) is 4. The van der Waals surface area contributed by atoms with E-state index < -0.39 is 0 Å². The summed E-state index contributed by atoms with van der Waals surface area (Å²) in [4.78, 5) is 15.8. The molecule has 19 heavy (non-hydrogen) atoms. The molecular weight excluding hydrogens is 260 g/mol. The van der Waals surface area contributed by atoms with Crippen molar-refractivity contribution >= 4 is 17.2 Å². The number of aliphatic hydroxyl groups is 1. The first-order valence-electron chi connectivity index (χ1n) is 6.38. The van der Waals surface area contributed by atoms with Crippen LogP contribution in [0.5, 0.6) is 0 Å². The minimum atomic E-state index is -0.0134. The van der Waals surface area contributed by atoms with E-state index >= 15 is 0 Å². The van der Waals surface area contributed by atoms with Crippen LogP contribution in [0.3, 0.4) is 0 Å². The van der Waals surface area contributed by atoms with Crippen LogP contribution < -0.4 is 5.32 Å². The van der Waals surface area contributed by atoms with Gasteiger partial charge in [0.1, 0.15) is 0 Å². The van der Waals surface area contributed by atoms with E-state index in [0.717, 1.165) is 24.4 Å². The van der Waals surface area contributed by atoms with Crippen LogP contribution in [0, 0.1) is 11.8 Å². The number of likely N-dealkylation sites (tertiary alicyclic amines) is 1. The molecule has 5 heteroatoms. The number of thiophene rings is 1. The fraction of sp³-hybridized carbons (Fsp3) is 0.500. The largest absolute Gasteiger partial charge is 0.395 e. The van der Waals surface area contributed by atoms with Crippen LogP contribution in [-0.4, -0.2) is 48.7 Å². The second-order valence-corrected chi connectivity index (χ2v) is 5.74. The van der Waals surface area contributed by atoms with Gasteiger partial charge in [-0.05, 0) is 32.1 Å². The van der Waals surface area contributed by atoms with Gasteiger partial charge in [0.2, 0.25) is 0 Å². The lowest BCUT2D eigenvalue weighted by Crippen LogP contribution is -2.36. The lowest BCUT2D eigenvalue weighted by atomic mass is 10.2. The van der Waals surface area contributed by atoms with Gasteiger partial charge in [0, 0.05) is 19.0 Å². The Hall–Kier alpha value is -1.35. The zero-order valence-electron chi connectivity index (χ0n) is 11.0. The number of hydrogen-bond donors (Lipinski definition) is 2. The summed E-state index contributed by atoms with van der Waals surface area (Å²) in [7, 11) is 2.06. The molecule has 2 rings (SSSR count). The predicted octanol–water partition coefficient (Wildman–Crippen LogP) is 0.916. The van der Waals surface area contributed by atoms with Crippen LogP contribution in [0.15, 0.2) is 12.1 Å². The number of aliphatic hydroxyl groups excluding tert-OH is 1. The van der Waals surface area contributed by atoms with E-state index in [1.807, 2.05) is 12.1 Å². The molecule has 1 atom stereocenters. The fourth-order valence-electron chi connectivity index (χ4n) is 2.04. The fourth-order valence-corrected chi connectivity index (χ4v) is 2.83. The van der Waals surface area contributed by atoms with Crippen molar-refractivity contribution in [2.75, 3.05) is 26.7 Å². The van der Waals surface area contributed by atoms with E-state index in [0.29, 0.717) is 11.3 Å². The molecule has 1 aromatic rings. The maximum Gasteiger partial charge on any atom is 0.261 e. The van der Waals surface area contributed by atoms with Gasteiger partial charge >= 0.3 is 0 Å². The first kappa shape index (κ1) is 14.1.